The lowest BCUT2D eigenvalue weighted by Crippen LogP contribution is -2.33. The molecule has 7 heteroatoms. The fourth-order valence-electron chi connectivity index (χ4n) is 2.46. The molecule has 0 saturated carbocycles. The van der Waals surface area contributed by atoms with E-state index in [-0.39, 0.29) is 25.0 Å². The van der Waals surface area contributed by atoms with Gasteiger partial charge in [-0.05, 0) is 56.3 Å². The van der Waals surface area contributed by atoms with Crippen molar-refractivity contribution < 1.29 is 23.8 Å². The maximum absolute atomic E-state index is 12.2. The van der Waals surface area contributed by atoms with Crippen LogP contribution in [0.3, 0.4) is 0 Å². The molecule has 2 N–H and O–H groups in total. The first-order valence-electron chi connectivity index (χ1n) is 8.52. The number of nitrogens with one attached hydrogen (secondary N) is 2. The number of fused-ring (bicyclic) bond motifs is 1. The monoisotopic (exact) mass is 370 g/mol. The van der Waals surface area contributed by atoms with Gasteiger partial charge in [-0.25, -0.2) is 0 Å². The summed E-state index contributed by atoms with van der Waals surface area (Å²) in [7, 11) is 1.58. The number of benzene rings is 2. The largest absolute Gasteiger partial charge is 0.497 e. The van der Waals surface area contributed by atoms with Gasteiger partial charge < -0.3 is 24.8 Å². The molecule has 1 aliphatic heterocycles. The van der Waals surface area contributed by atoms with E-state index in [4.69, 9.17) is 14.2 Å². The molecule has 1 heterocycles. The second-order valence-electron chi connectivity index (χ2n) is 6.85. The highest BCUT2D eigenvalue weighted by atomic mass is 16.5. The summed E-state index contributed by atoms with van der Waals surface area (Å²) >= 11 is 0. The molecule has 0 spiro atoms. The fourth-order valence-corrected chi connectivity index (χ4v) is 2.46. The third kappa shape index (κ3) is 4.49. The highest BCUT2D eigenvalue weighted by Crippen LogP contribution is 2.34. The molecule has 2 aromatic carbocycles. The number of carbonyl (C=O) groups is 2. The number of hydrogen-bond acceptors (Lipinski definition) is 5. The van der Waals surface area contributed by atoms with Gasteiger partial charge in [0.25, 0.3) is 5.91 Å². The van der Waals surface area contributed by atoms with Crippen LogP contribution < -0.4 is 24.8 Å². The van der Waals surface area contributed by atoms with Gasteiger partial charge in [-0.2, -0.15) is 0 Å². The van der Waals surface area contributed by atoms with Crippen LogP contribution in [0.1, 0.15) is 13.8 Å². The first-order chi connectivity index (χ1) is 12.9. The summed E-state index contributed by atoms with van der Waals surface area (Å²) in [6.07, 6.45) is 0. The van der Waals surface area contributed by atoms with Crippen LogP contribution in [-0.2, 0) is 9.59 Å². The number of rotatable bonds is 5. The van der Waals surface area contributed by atoms with E-state index in [1.807, 2.05) is 13.8 Å². The van der Waals surface area contributed by atoms with Crippen molar-refractivity contribution in [3.8, 4) is 17.2 Å². The normalized spacial score (nSPS) is 14.9. The molecule has 0 unspecified atom stereocenters. The van der Waals surface area contributed by atoms with Crippen LogP contribution in [-0.4, -0.2) is 32.1 Å². The number of ether oxygens (including phenoxy) is 3. The van der Waals surface area contributed by atoms with Crippen molar-refractivity contribution in [1.29, 1.82) is 0 Å². The average Bonchev–Trinajstić information content (AvgIpc) is 2.76. The van der Waals surface area contributed by atoms with Crippen LogP contribution in [0.5, 0.6) is 17.2 Å². The molecule has 0 aliphatic carbocycles. The Morgan fingerprint density at radius 1 is 1.19 bits per heavy atom. The van der Waals surface area contributed by atoms with E-state index in [0.29, 0.717) is 28.6 Å². The molecule has 0 aromatic heterocycles. The predicted octanol–water partition coefficient (Wildman–Crippen LogP) is 3.07. The number of methoxy groups -OCH3 is 1. The quantitative estimate of drug-likeness (QED) is 0.845. The molecule has 27 heavy (non-hydrogen) atoms. The Bertz CT molecular complexity index is 846. The minimum Gasteiger partial charge on any atom is -0.497 e. The van der Waals surface area contributed by atoms with E-state index in [0.717, 1.165) is 0 Å². The Labute approximate surface area is 157 Å². The van der Waals surface area contributed by atoms with E-state index in [2.05, 4.69) is 10.6 Å². The van der Waals surface area contributed by atoms with Gasteiger partial charge in [-0.15, -0.1) is 0 Å². The Balaban J connectivity index is 1.61. The molecule has 0 fully saturated rings. The standard InChI is InChI=1S/C20H22N2O5/c1-20(2)12-27-17-9-4-13(10-16(17)22-19(20)24)21-18(23)11-26-15-7-5-14(25-3)6-8-15/h4-10H,11-12H2,1-3H3,(H,21,23)(H,22,24). The molecule has 2 aromatic rings. The lowest BCUT2D eigenvalue weighted by atomic mass is 9.94. The molecule has 1 aliphatic rings. The van der Waals surface area contributed by atoms with Crippen LogP contribution in [0, 0.1) is 5.41 Å². The Kier molecular flexibility index (Phi) is 5.21. The van der Waals surface area contributed by atoms with Crippen LogP contribution in [0.2, 0.25) is 0 Å². The second kappa shape index (κ2) is 7.57. The molecule has 2 amide bonds. The van der Waals surface area contributed by atoms with Crippen molar-refractivity contribution in [1.82, 2.24) is 0 Å². The number of amides is 2. The van der Waals surface area contributed by atoms with Gasteiger partial charge >= 0.3 is 0 Å². The summed E-state index contributed by atoms with van der Waals surface area (Å²) in [5.74, 6) is 1.40. The molecule has 142 valence electrons. The van der Waals surface area contributed by atoms with Gasteiger partial charge in [0.2, 0.25) is 5.91 Å². The number of hydrogen-bond donors (Lipinski definition) is 2. The fraction of sp³-hybridized carbons (Fsp3) is 0.300. The zero-order valence-electron chi connectivity index (χ0n) is 15.5. The average molecular weight is 370 g/mol. The van der Waals surface area contributed by atoms with Gasteiger partial charge in [0.15, 0.2) is 6.61 Å². The van der Waals surface area contributed by atoms with E-state index in [1.54, 1.807) is 49.6 Å². The summed E-state index contributed by atoms with van der Waals surface area (Å²) in [4.78, 5) is 24.4. The molecule has 0 bridgehead atoms. The third-order valence-electron chi connectivity index (χ3n) is 4.14. The summed E-state index contributed by atoms with van der Waals surface area (Å²) < 4.78 is 16.2. The highest BCUT2D eigenvalue weighted by molar-refractivity contribution is 5.98. The van der Waals surface area contributed by atoms with Crippen molar-refractivity contribution in [2.75, 3.05) is 31.0 Å². The molecule has 7 nitrogen and oxygen atoms in total. The molecule has 3 rings (SSSR count). The Morgan fingerprint density at radius 3 is 2.59 bits per heavy atom. The first-order valence-corrected chi connectivity index (χ1v) is 8.52. The van der Waals surface area contributed by atoms with Crippen molar-refractivity contribution in [3.05, 3.63) is 42.5 Å². The molecule has 0 saturated heterocycles. The Morgan fingerprint density at radius 2 is 1.89 bits per heavy atom. The second-order valence-corrected chi connectivity index (χ2v) is 6.85. The molecule has 0 radical (unpaired) electrons. The van der Waals surface area contributed by atoms with E-state index < -0.39 is 5.41 Å². The van der Waals surface area contributed by atoms with Gasteiger partial charge in [-0.1, -0.05) is 0 Å². The zero-order chi connectivity index (χ0) is 19.4. The van der Waals surface area contributed by atoms with Crippen molar-refractivity contribution >= 4 is 23.2 Å². The zero-order valence-corrected chi connectivity index (χ0v) is 15.5. The van der Waals surface area contributed by atoms with E-state index in [1.165, 1.54) is 0 Å². The summed E-state index contributed by atoms with van der Waals surface area (Å²) in [6.45, 7) is 3.77. The van der Waals surface area contributed by atoms with Crippen molar-refractivity contribution in [2.24, 2.45) is 5.41 Å². The smallest absolute Gasteiger partial charge is 0.262 e. The number of anilines is 2. The highest BCUT2D eigenvalue weighted by Gasteiger charge is 2.32. The van der Waals surface area contributed by atoms with Crippen molar-refractivity contribution in [2.45, 2.75) is 13.8 Å². The molecular formula is C20H22N2O5. The van der Waals surface area contributed by atoms with Gasteiger partial charge in [0.05, 0.1) is 18.2 Å². The van der Waals surface area contributed by atoms with Crippen LogP contribution in [0.4, 0.5) is 11.4 Å². The van der Waals surface area contributed by atoms with Gasteiger partial charge in [-0.3, -0.25) is 9.59 Å². The predicted molar refractivity (Wildman–Crippen MR) is 101 cm³/mol. The SMILES string of the molecule is COc1ccc(OCC(=O)Nc2ccc3c(c2)NC(=O)C(C)(C)CO3)cc1. The van der Waals surface area contributed by atoms with Crippen LogP contribution in [0.15, 0.2) is 42.5 Å². The Hall–Kier alpha value is -3.22. The topological polar surface area (TPSA) is 85.9 Å². The van der Waals surface area contributed by atoms with Crippen LogP contribution in [0.25, 0.3) is 0 Å². The van der Waals surface area contributed by atoms with Crippen molar-refractivity contribution in [3.63, 3.8) is 0 Å². The lowest BCUT2D eigenvalue weighted by Gasteiger charge is -2.18. The van der Waals surface area contributed by atoms with E-state index >= 15 is 0 Å². The molecular weight excluding hydrogens is 348 g/mol. The third-order valence-corrected chi connectivity index (χ3v) is 4.14. The molecule has 0 atom stereocenters. The van der Waals surface area contributed by atoms with Gasteiger partial charge in [0, 0.05) is 5.69 Å². The minimum atomic E-state index is -0.630. The van der Waals surface area contributed by atoms with E-state index in [9.17, 15) is 9.59 Å². The minimum absolute atomic E-state index is 0.132. The summed E-state index contributed by atoms with van der Waals surface area (Å²) in [5, 5.41) is 5.58. The first kappa shape index (κ1) is 18.6. The maximum Gasteiger partial charge on any atom is 0.262 e. The van der Waals surface area contributed by atoms with Crippen LogP contribution >= 0.6 is 0 Å². The van der Waals surface area contributed by atoms with Gasteiger partial charge in [0.1, 0.15) is 23.9 Å². The number of carbonyl (C=O) groups excluding carboxylic acids is 2. The summed E-state index contributed by atoms with van der Waals surface area (Å²) in [5.41, 5.74) is 0.439. The summed E-state index contributed by atoms with van der Waals surface area (Å²) in [6, 6.07) is 12.1. The maximum atomic E-state index is 12.2. The lowest BCUT2D eigenvalue weighted by molar-refractivity contribution is -0.125.